The lowest BCUT2D eigenvalue weighted by atomic mass is 9.96. The standard InChI is InChI=1S/C50H31NO2/c1-3-11-32(12-4-1)36-25-37(33-13-5-2-6-14-33)28-40(27-36)51(39-22-24-49-45(30-39)42-15-7-9-17-47(42)52-49)38-21-23-41-34(26-38)19-20-35-29-50-46(31-44(35)41)43-16-8-10-18-48(43)53-50/h1-31H. The van der Waals surface area contributed by atoms with Crippen molar-refractivity contribution < 1.29 is 8.83 Å². The minimum Gasteiger partial charge on any atom is -0.456 e. The lowest BCUT2D eigenvalue weighted by molar-refractivity contribution is 0.668. The smallest absolute Gasteiger partial charge is 0.136 e. The summed E-state index contributed by atoms with van der Waals surface area (Å²) < 4.78 is 12.5. The fourth-order valence-electron chi connectivity index (χ4n) is 8.05. The summed E-state index contributed by atoms with van der Waals surface area (Å²) in [6, 6.07) is 67.1. The van der Waals surface area contributed by atoms with Crippen LogP contribution in [0.4, 0.5) is 17.1 Å². The summed E-state index contributed by atoms with van der Waals surface area (Å²) >= 11 is 0. The topological polar surface area (TPSA) is 29.5 Å². The summed E-state index contributed by atoms with van der Waals surface area (Å²) in [4.78, 5) is 2.39. The number of anilines is 3. The molecule has 3 heteroatoms. The van der Waals surface area contributed by atoms with Crippen LogP contribution in [0.25, 0.3) is 87.7 Å². The molecule has 0 unspecified atom stereocenters. The molecule has 11 aromatic rings. The Labute approximate surface area is 305 Å². The Balaban J connectivity index is 1.16. The van der Waals surface area contributed by atoms with Crippen LogP contribution in [0.5, 0.6) is 0 Å². The van der Waals surface area contributed by atoms with Gasteiger partial charge in [0.15, 0.2) is 0 Å². The fraction of sp³-hybridized carbons (Fsp3) is 0. The quantitative estimate of drug-likeness (QED) is 0.170. The lowest BCUT2D eigenvalue weighted by Gasteiger charge is -2.27. The molecule has 0 amide bonds. The normalized spacial score (nSPS) is 11.8. The van der Waals surface area contributed by atoms with Crippen molar-refractivity contribution >= 4 is 82.5 Å². The van der Waals surface area contributed by atoms with Crippen molar-refractivity contribution in [3.05, 3.63) is 188 Å². The lowest BCUT2D eigenvalue weighted by Crippen LogP contribution is -2.10. The van der Waals surface area contributed by atoms with Gasteiger partial charge in [0, 0.05) is 38.6 Å². The Hall–Kier alpha value is -7.10. The number of hydrogen-bond acceptors (Lipinski definition) is 3. The van der Waals surface area contributed by atoms with E-state index in [0.29, 0.717) is 0 Å². The third-order valence-corrected chi connectivity index (χ3v) is 10.6. The molecule has 53 heavy (non-hydrogen) atoms. The van der Waals surface area contributed by atoms with Crippen LogP contribution in [0.2, 0.25) is 0 Å². The molecule has 9 aromatic carbocycles. The second kappa shape index (κ2) is 11.7. The van der Waals surface area contributed by atoms with E-state index in [1.165, 1.54) is 27.3 Å². The van der Waals surface area contributed by atoms with E-state index in [-0.39, 0.29) is 0 Å². The van der Waals surface area contributed by atoms with Crippen molar-refractivity contribution in [2.45, 2.75) is 0 Å². The van der Waals surface area contributed by atoms with Gasteiger partial charge in [-0.25, -0.2) is 0 Å². The van der Waals surface area contributed by atoms with Crippen LogP contribution >= 0.6 is 0 Å². The van der Waals surface area contributed by atoms with Gasteiger partial charge in [-0.05, 0) is 117 Å². The molecule has 3 nitrogen and oxygen atoms in total. The van der Waals surface area contributed by atoms with Crippen molar-refractivity contribution in [1.82, 2.24) is 0 Å². The molecular weight excluding hydrogens is 647 g/mol. The van der Waals surface area contributed by atoms with Gasteiger partial charge in [0.05, 0.1) is 0 Å². The predicted molar refractivity (Wildman–Crippen MR) is 222 cm³/mol. The third-order valence-electron chi connectivity index (χ3n) is 10.6. The van der Waals surface area contributed by atoms with E-state index >= 15 is 0 Å². The van der Waals surface area contributed by atoms with E-state index < -0.39 is 0 Å². The molecule has 0 saturated carbocycles. The average Bonchev–Trinajstić information content (AvgIpc) is 3.78. The van der Waals surface area contributed by atoms with Crippen molar-refractivity contribution in [2.75, 3.05) is 4.90 Å². The van der Waals surface area contributed by atoms with Crippen LogP contribution in [0, 0.1) is 0 Å². The first-order valence-corrected chi connectivity index (χ1v) is 18.0. The van der Waals surface area contributed by atoms with Gasteiger partial charge in [-0.3, -0.25) is 0 Å². The first-order valence-electron chi connectivity index (χ1n) is 18.0. The summed E-state index contributed by atoms with van der Waals surface area (Å²) in [5, 5.41) is 9.22. The predicted octanol–water partition coefficient (Wildman–Crippen LogP) is 14.6. The molecule has 2 aromatic heterocycles. The molecular formula is C50H31NO2. The van der Waals surface area contributed by atoms with Gasteiger partial charge in [0.2, 0.25) is 0 Å². The molecule has 0 fully saturated rings. The molecule has 0 bridgehead atoms. The highest BCUT2D eigenvalue weighted by Crippen LogP contribution is 2.43. The zero-order valence-electron chi connectivity index (χ0n) is 28.7. The molecule has 11 rings (SSSR count). The summed E-state index contributed by atoms with van der Waals surface area (Å²) in [5.74, 6) is 0. The van der Waals surface area contributed by atoms with Crippen molar-refractivity contribution in [2.24, 2.45) is 0 Å². The molecule has 0 N–H and O–H groups in total. The number of furan rings is 2. The average molecular weight is 678 g/mol. The van der Waals surface area contributed by atoms with Gasteiger partial charge in [-0.1, -0.05) is 115 Å². The van der Waals surface area contributed by atoms with E-state index in [4.69, 9.17) is 8.83 Å². The van der Waals surface area contributed by atoms with Gasteiger partial charge in [0.25, 0.3) is 0 Å². The van der Waals surface area contributed by atoms with Crippen LogP contribution < -0.4 is 4.90 Å². The summed E-state index contributed by atoms with van der Waals surface area (Å²) in [6.45, 7) is 0. The number of nitrogens with zero attached hydrogens (tertiary/aromatic N) is 1. The number of rotatable bonds is 5. The molecule has 0 aliphatic heterocycles. The molecule has 0 aliphatic carbocycles. The zero-order chi connectivity index (χ0) is 34.9. The maximum atomic E-state index is 6.28. The SMILES string of the molecule is c1ccc(-c2cc(-c3ccccc3)cc(N(c3ccc4c(ccc5cc6oc7ccccc7c6cc54)c3)c3ccc4oc5ccccc5c4c3)c2)cc1. The van der Waals surface area contributed by atoms with Gasteiger partial charge >= 0.3 is 0 Å². The van der Waals surface area contributed by atoms with Crippen LogP contribution in [0.15, 0.2) is 197 Å². The van der Waals surface area contributed by atoms with E-state index in [0.717, 1.165) is 77.5 Å². The van der Waals surface area contributed by atoms with Crippen LogP contribution in [0.3, 0.4) is 0 Å². The molecule has 2 heterocycles. The van der Waals surface area contributed by atoms with Gasteiger partial charge in [-0.2, -0.15) is 0 Å². The number of benzene rings is 9. The Morgan fingerprint density at radius 3 is 1.47 bits per heavy atom. The zero-order valence-corrected chi connectivity index (χ0v) is 28.7. The summed E-state index contributed by atoms with van der Waals surface area (Å²) in [7, 11) is 0. The van der Waals surface area contributed by atoms with Crippen molar-refractivity contribution in [3.8, 4) is 22.3 Å². The van der Waals surface area contributed by atoms with Gasteiger partial charge in [-0.15, -0.1) is 0 Å². The highest BCUT2D eigenvalue weighted by molar-refractivity contribution is 6.17. The third kappa shape index (κ3) is 4.90. The maximum Gasteiger partial charge on any atom is 0.136 e. The molecule has 0 radical (unpaired) electrons. The Morgan fingerprint density at radius 1 is 0.264 bits per heavy atom. The van der Waals surface area contributed by atoms with Crippen LogP contribution in [-0.2, 0) is 0 Å². The van der Waals surface area contributed by atoms with E-state index in [1.54, 1.807) is 0 Å². The Morgan fingerprint density at radius 2 is 0.792 bits per heavy atom. The molecule has 0 atom stereocenters. The van der Waals surface area contributed by atoms with Crippen LogP contribution in [-0.4, -0.2) is 0 Å². The van der Waals surface area contributed by atoms with Gasteiger partial charge < -0.3 is 13.7 Å². The molecule has 248 valence electrons. The highest BCUT2D eigenvalue weighted by atomic mass is 16.3. The monoisotopic (exact) mass is 677 g/mol. The summed E-state index contributed by atoms with van der Waals surface area (Å²) in [5.41, 5.74) is 11.4. The summed E-state index contributed by atoms with van der Waals surface area (Å²) in [6.07, 6.45) is 0. The van der Waals surface area contributed by atoms with Crippen molar-refractivity contribution in [3.63, 3.8) is 0 Å². The molecule has 0 aliphatic rings. The fourth-order valence-corrected chi connectivity index (χ4v) is 8.05. The highest BCUT2D eigenvalue weighted by Gasteiger charge is 2.19. The van der Waals surface area contributed by atoms with E-state index in [9.17, 15) is 0 Å². The van der Waals surface area contributed by atoms with E-state index in [1.807, 2.05) is 24.3 Å². The number of hydrogen-bond donors (Lipinski definition) is 0. The second-order valence-corrected chi connectivity index (χ2v) is 13.8. The number of fused-ring (bicyclic) bond motifs is 9. The van der Waals surface area contributed by atoms with E-state index in [2.05, 4.69) is 169 Å². The van der Waals surface area contributed by atoms with Crippen LogP contribution in [0.1, 0.15) is 0 Å². The largest absolute Gasteiger partial charge is 0.456 e. The minimum absolute atomic E-state index is 0.876. The molecule has 0 spiro atoms. The number of para-hydroxylation sites is 2. The first-order chi connectivity index (χ1) is 26.2. The maximum absolute atomic E-state index is 6.28. The second-order valence-electron chi connectivity index (χ2n) is 13.8. The minimum atomic E-state index is 0.876. The Kier molecular flexibility index (Phi) is 6.55. The Bertz CT molecular complexity index is 3120. The van der Waals surface area contributed by atoms with Crippen molar-refractivity contribution in [1.29, 1.82) is 0 Å². The molecule has 0 saturated heterocycles. The first kappa shape index (κ1) is 29.6. The van der Waals surface area contributed by atoms with Gasteiger partial charge in [0.1, 0.15) is 22.3 Å².